The first-order chi connectivity index (χ1) is 9.60. The lowest BCUT2D eigenvalue weighted by molar-refractivity contribution is 0.0696. The van der Waals surface area contributed by atoms with Gasteiger partial charge >= 0.3 is 5.97 Å². The van der Waals surface area contributed by atoms with Crippen LogP contribution in [0.5, 0.6) is 0 Å². The first-order valence-electron chi connectivity index (χ1n) is 6.20. The van der Waals surface area contributed by atoms with Gasteiger partial charge in [-0.25, -0.2) is 4.79 Å². The van der Waals surface area contributed by atoms with Crippen molar-refractivity contribution in [1.82, 2.24) is 0 Å². The topological polar surface area (TPSA) is 37.3 Å². The van der Waals surface area contributed by atoms with Gasteiger partial charge in [0.1, 0.15) is 0 Å². The molecule has 0 unspecified atom stereocenters. The van der Waals surface area contributed by atoms with Crippen LogP contribution in [0.4, 0.5) is 0 Å². The Bertz CT molecular complexity index is 606. The monoisotopic (exact) mass is 304 g/mol. The molecule has 104 valence electrons. The maximum absolute atomic E-state index is 11.1. The third kappa shape index (κ3) is 3.81. The van der Waals surface area contributed by atoms with E-state index in [1.807, 2.05) is 19.1 Å². The molecular weight excluding hydrogens is 288 g/mol. The highest BCUT2D eigenvalue weighted by atomic mass is 32.2. The van der Waals surface area contributed by atoms with E-state index in [0.29, 0.717) is 5.56 Å². The number of carbonyl (C=O) groups is 1. The number of carboxylic acids is 1. The summed E-state index contributed by atoms with van der Waals surface area (Å²) in [4.78, 5) is 13.3. The van der Waals surface area contributed by atoms with E-state index in [9.17, 15) is 4.79 Å². The van der Waals surface area contributed by atoms with E-state index in [1.54, 1.807) is 29.6 Å². The van der Waals surface area contributed by atoms with Gasteiger partial charge in [-0.1, -0.05) is 18.2 Å². The van der Waals surface area contributed by atoms with E-state index in [1.165, 1.54) is 10.5 Å². The fourth-order valence-electron chi connectivity index (χ4n) is 1.81. The quantitative estimate of drug-likeness (QED) is 0.812. The summed E-state index contributed by atoms with van der Waals surface area (Å²) in [5.74, 6) is -0.0224. The lowest BCUT2D eigenvalue weighted by Gasteiger charge is -2.06. The van der Waals surface area contributed by atoms with E-state index in [-0.39, 0.29) is 0 Å². The Hall–Kier alpha value is -1.39. The summed E-state index contributed by atoms with van der Waals surface area (Å²) < 4.78 is 0. The third-order valence-corrected chi connectivity index (χ3v) is 4.81. The van der Waals surface area contributed by atoms with Crippen LogP contribution in [0, 0.1) is 6.92 Å². The van der Waals surface area contributed by atoms with Crippen molar-refractivity contribution >= 4 is 29.5 Å². The second-order valence-corrected chi connectivity index (χ2v) is 6.35. The van der Waals surface area contributed by atoms with Gasteiger partial charge in [-0.15, -0.1) is 23.5 Å². The molecule has 0 amide bonds. The fraction of sp³-hybridized carbons (Fsp3) is 0.188. The molecule has 0 aliphatic carbocycles. The molecule has 20 heavy (non-hydrogen) atoms. The molecule has 0 atom stereocenters. The van der Waals surface area contributed by atoms with Crippen molar-refractivity contribution in [3.63, 3.8) is 0 Å². The Kier molecular flexibility index (Phi) is 5.15. The van der Waals surface area contributed by atoms with Gasteiger partial charge in [0, 0.05) is 15.5 Å². The summed E-state index contributed by atoms with van der Waals surface area (Å²) in [5.41, 5.74) is 2.42. The fourth-order valence-corrected chi connectivity index (χ4v) is 3.11. The summed E-state index contributed by atoms with van der Waals surface area (Å²) in [6.07, 6.45) is 2.06. The second-order valence-electron chi connectivity index (χ2n) is 4.42. The number of aromatic carboxylic acids is 1. The van der Waals surface area contributed by atoms with Crippen molar-refractivity contribution in [2.24, 2.45) is 0 Å². The number of benzene rings is 2. The highest BCUT2D eigenvalue weighted by molar-refractivity contribution is 7.98. The Morgan fingerprint density at radius 1 is 1.10 bits per heavy atom. The van der Waals surface area contributed by atoms with Gasteiger partial charge in [-0.3, -0.25) is 0 Å². The van der Waals surface area contributed by atoms with Gasteiger partial charge < -0.3 is 5.11 Å². The number of rotatable bonds is 5. The Morgan fingerprint density at radius 2 is 1.75 bits per heavy atom. The van der Waals surface area contributed by atoms with Crippen LogP contribution in [0.25, 0.3) is 0 Å². The van der Waals surface area contributed by atoms with Crippen LogP contribution in [0.2, 0.25) is 0 Å². The van der Waals surface area contributed by atoms with Crippen LogP contribution in [0.15, 0.2) is 52.3 Å². The predicted molar refractivity (Wildman–Crippen MR) is 85.9 cm³/mol. The molecule has 0 radical (unpaired) electrons. The average Bonchev–Trinajstić information content (AvgIpc) is 2.46. The first-order valence-corrected chi connectivity index (χ1v) is 8.41. The molecule has 0 spiro atoms. The lowest BCUT2D eigenvalue weighted by atomic mass is 10.1. The summed E-state index contributed by atoms with van der Waals surface area (Å²) in [7, 11) is 0. The molecule has 0 saturated carbocycles. The van der Waals surface area contributed by atoms with Crippen LogP contribution < -0.4 is 0 Å². The zero-order chi connectivity index (χ0) is 14.5. The normalized spacial score (nSPS) is 10.5. The second kappa shape index (κ2) is 6.86. The Morgan fingerprint density at radius 3 is 2.35 bits per heavy atom. The van der Waals surface area contributed by atoms with Gasteiger partial charge in [0.25, 0.3) is 0 Å². The average molecular weight is 304 g/mol. The van der Waals surface area contributed by atoms with Gasteiger partial charge in [0.15, 0.2) is 0 Å². The van der Waals surface area contributed by atoms with Crippen LogP contribution in [0.3, 0.4) is 0 Å². The van der Waals surface area contributed by atoms with E-state index in [0.717, 1.165) is 16.2 Å². The molecule has 2 aromatic carbocycles. The maximum atomic E-state index is 11.1. The van der Waals surface area contributed by atoms with Crippen LogP contribution >= 0.6 is 23.5 Å². The minimum atomic E-state index is -0.866. The van der Waals surface area contributed by atoms with Crippen LogP contribution in [-0.4, -0.2) is 17.3 Å². The summed E-state index contributed by atoms with van der Waals surface area (Å²) in [5, 5.41) is 9.12. The summed E-state index contributed by atoms with van der Waals surface area (Å²) in [6.45, 7) is 1.82. The van der Waals surface area contributed by atoms with Crippen molar-refractivity contribution in [2.75, 3.05) is 6.26 Å². The van der Waals surface area contributed by atoms with E-state index >= 15 is 0 Å². The molecule has 4 heteroatoms. The number of hydrogen-bond donors (Lipinski definition) is 1. The maximum Gasteiger partial charge on any atom is 0.335 e. The Balaban J connectivity index is 2.06. The molecule has 0 aliphatic rings. The molecule has 0 aromatic heterocycles. The molecule has 2 nitrogen and oxygen atoms in total. The molecule has 0 saturated heterocycles. The molecule has 0 bridgehead atoms. The number of hydrogen-bond acceptors (Lipinski definition) is 3. The zero-order valence-electron chi connectivity index (χ0n) is 11.4. The first kappa shape index (κ1) is 15.0. The molecule has 2 aromatic rings. The molecule has 2 rings (SSSR count). The highest BCUT2D eigenvalue weighted by Gasteiger charge is 2.08. The third-order valence-electron chi connectivity index (χ3n) is 3.00. The molecule has 0 heterocycles. The molecule has 0 aliphatic heterocycles. The van der Waals surface area contributed by atoms with Crippen molar-refractivity contribution in [1.29, 1.82) is 0 Å². The zero-order valence-corrected chi connectivity index (χ0v) is 13.1. The lowest BCUT2D eigenvalue weighted by Crippen LogP contribution is -1.99. The van der Waals surface area contributed by atoms with Crippen molar-refractivity contribution in [3.8, 4) is 0 Å². The minimum absolute atomic E-state index is 0.382. The standard InChI is InChI=1S/C16H16O2S2/c1-11-3-6-14(9-15(11)16(17)18)20-10-12-4-7-13(19-2)8-5-12/h3-9H,10H2,1-2H3,(H,17,18). The smallest absolute Gasteiger partial charge is 0.335 e. The number of aryl methyl sites for hydroxylation is 1. The molecule has 0 fully saturated rings. The van der Waals surface area contributed by atoms with E-state index < -0.39 is 5.97 Å². The van der Waals surface area contributed by atoms with Gasteiger partial charge in [-0.05, 0) is 48.6 Å². The Labute approximate surface area is 127 Å². The summed E-state index contributed by atoms with van der Waals surface area (Å²) in [6, 6.07) is 14.0. The molecular formula is C16H16O2S2. The van der Waals surface area contributed by atoms with E-state index in [2.05, 4.69) is 30.5 Å². The highest BCUT2D eigenvalue weighted by Crippen LogP contribution is 2.26. The van der Waals surface area contributed by atoms with Crippen molar-refractivity contribution in [2.45, 2.75) is 22.5 Å². The SMILES string of the molecule is CSc1ccc(CSc2ccc(C)c(C(=O)O)c2)cc1. The summed E-state index contributed by atoms with van der Waals surface area (Å²) >= 11 is 3.38. The van der Waals surface area contributed by atoms with Crippen LogP contribution in [-0.2, 0) is 5.75 Å². The minimum Gasteiger partial charge on any atom is -0.478 e. The van der Waals surface area contributed by atoms with Gasteiger partial charge in [-0.2, -0.15) is 0 Å². The molecule has 1 N–H and O–H groups in total. The van der Waals surface area contributed by atoms with Crippen molar-refractivity contribution < 1.29 is 9.90 Å². The predicted octanol–water partition coefficient (Wildman–Crippen LogP) is 4.71. The number of thioether (sulfide) groups is 2. The van der Waals surface area contributed by atoms with Gasteiger partial charge in [0.05, 0.1) is 5.56 Å². The van der Waals surface area contributed by atoms with Crippen LogP contribution in [0.1, 0.15) is 21.5 Å². The van der Waals surface area contributed by atoms with Gasteiger partial charge in [0.2, 0.25) is 0 Å². The number of carboxylic acid groups (broad SMARTS) is 1. The largest absolute Gasteiger partial charge is 0.478 e. The van der Waals surface area contributed by atoms with Crippen molar-refractivity contribution in [3.05, 3.63) is 59.2 Å². The van der Waals surface area contributed by atoms with E-state index in [4.69, 9.17) is 5.11 Å².